The second-order valence-electron chi connectivity index (χ2n) is 21.5. The average Bonchev–Trinajstić information content (AvgIpc) is 4.28. The van der Waals surface area contributed by atoms with Crippen LogP contribution in [0.5, 0.6) is 0 Å². The highest BCUT2D eigenvalue weighted by atomic mass is 35.5. The number of ether oxygens (including phenoxy) is 2. The summed E-state index contributed by atoms with van der Waals surface area (Å²) >= 11 is 6.00. The predicted octanol–water partition coefficient (Wildman–Crippen LogP) is 11.0. The van der Waals surface area contributed by atoms with E-state index in [1.54, 1.807) is 58.5 Å². The van der Waals surface area contributed by atoms with E-state index in [0.717, 1.165) is 37.8 Å². The SMILES string of the molecule is CC1(C)OB(c2cc(F)c(NC3CCOCC3)c(C#N)c2)OC1(C)C.CN(C)C(=O)c1cnc(-c2cc3nccc(-c4cc(F)c(NC5CCOCC5)c(C#N)c4)c3o2)c(F)c1.CN(C)C(=O)c1cnc(-c2cc3nccc(Cl)c3o2)c(F)c1. The molecule has 0 atom stereocenters. The quantitative estimate of drug-likeness (QED) is 0.0958. The number of hydrogen-bond acceptors (Lipinski definition) is 16. The maximum atomic E-state index is 15.2. The van der Waals surface area contributed by atoms with Crippen LogP contribution in [0.25, 0.3) is 56.2 Å². The van der Waals surface area contributed by atoms with Gasteiger partial charge in [-0.3, -0.25) is 19.6 Å². The minimum absolute atomic E-state index is 0.00405. The number of anilines is 2. The van der Waals surface area contributed by atoms with Gasteiger partial charge in [0.05, 0.1) is 49.9 Å². The Bertz CT molecular complexity index is 3860. The van der Waals surface area contributed by atoms with Crippen LogP contribution in [0.4, 0.5) is 28.9 Å². The summed E-state index contributed by atoms with van der Waals surface area (Å²) in [5.41, 5.74) is 2.99. The molecule has 0 bridgehead atoms. The highest BCUT2D eigenvalue weighted by Crippen LogP contribution is 2.39. The van der Waals surface area contributed by atoms with Gasteiger partial charge in [-0.1, -0.05) is 11.6 Å². The maximum absolute atomic E-state index is 15.2. The molecular weight excluding hydrogens is 1110 g/mol. The monoisotopic (exact) mass is 1170 g/mol. The summed E-state index contributed by atoms with van der Waals surface area (Å²) in [5.74, 6) is -2.80. The number of rotatable bonds is 10. The lowest BCUT2D eigenvalue weighted by Gasteiger charge is -2.32. The Hall–Kier alpha value is -8.45. The van der Waals surface area contributed by atoms with Gasteiger partial charge in [0.25, 0.3) is 11.8 Å². The Morgan fingerprint density at radius 2 is 1.07 bits per heavy atom. The summed E-state index contributed by atoms with van der Waals surface area (Å²) in [6.07, 6.45) is 8.68. The van der Waals surface area contributed by atoms with Crippen molar-refractivity contribution in [1.82, 2.24) is 29.7 Å². The summed E-state index contributed by atoms with van der Waals surface area (Å²) in [6, 6.07) is 18.8. The van der Waals surface area contributed by atoms with Crippen molar-refractivity contribution in [3.05, 3.63) is 136 Å². The molecule has 0 unspecified atom stereocenters. The van der Waals surface area contributed by atoms with Crippen molar-refractivity contribution >= 4 is 69.6 Å². The molecule has 3 aliphatic rings. The zero-order valence-corrected chi connectivity index (χ0v) is 48.0. The Balaban J connectivity index is 0.000000158. The molecule has 434 valence electrons. The molecule has 9 heterocycles. The smallest absolute Gasteiger partial charge is 0.452 e. The molecule has 0 saturated carbocycles. The standard InChI is InChI=1S/C27H23F2N5O3.C18H24BFN2O3.C15H11ClFN3O2/c1-34(2)27(35)17-11-21(29)25(32-14-17)23-12-22-26(37-23)19(3-6-31-22)15-9-16(13-30)24(20(28)10-15)33-18-4-7-36-8-5-18;1-17(2)18(3,4)25-19(24-17)13-9-12(11-21)16(15(20)10-13)22-14-5-7-23-8-6-14;1-20(2)15(21)8-5-10(17)13(19-7-8)12-6-11-14(22-12)9(16)3-4-18-11/h3,6,9-12,14,18,33H,4-5,7-8H2,1-2H3;9-10,14,22H,5-8H2,1-4H3;3-7H,1-2H3. The number of furan rings is 2. The lowest BCUT2D eigenvalue weighted by atomic mass is 9.78. The minimum atomic E-state index is -0.727. The van der Waals surface area contributed by atoms with E-state index in [4.69, 9.17) is 39.2 Å². The first-order chi connectivity index (χ1) is 40.1. The van der Waals surface area contributed by atoms with Crippen molar-refractivity contribution in [2.45, 2.75) is 76.7 Å². The molecule has 84 heavy (non-hydrogen) atoms. The van der Waals surface area contributed by atoms with Crippen molar-refractivity contribution in [3.8, 4) is 46.2 Å². The number of hydrogen-bond donors (Lipinski definition) is 2. The third kappa shape index (κ3) is 13.0. The summed E-state index contributed by atoms with van der Waals surface area (Å²) < 4.78 is 93.1. The molecule has 3 aliphatic heterocycles. The van der Waals surface area contributed by atoms with Crippen LogP contribution in [0.3, 0.4) is 0 Å². The average molecular weight is 1170 g/mol. The fraction of sp³-hybridized carbons (Fsp3) is 0.333. The van der Waals surface area contributed by atoms with Crippen molar-refractivity contribution < 1.29 is 54.8 Å². The maximum Gasteiger partial charge on any atom is 0.494 e. The van der Waals surface area contributed by atoms with Crippen molar-refractivity contribution in [1.29, 1.82) is 10.5 Å². The Morgan fingerprint density at radius 3 is 1.54 bits per heavy atom. The third-order valence-electron chi connectivity index (χ3n) is 14.7. The van der Waals surface area contributed by atoms with E-state index in [2.05, 4.69) is 42.7 Å². The normalized spacial score (nSPS) is 15.7. The zero-order valence-electron chi connectivity index (χ0n) is 47.2. The van der Waals surface area contributed by atoms with Crippen LogP contribution in [0.2, 0.25) is 5.02 Å². The highest BCUT2D eigenvalue weighted by Gasteiger charge is 2.52. The summed E-state index contributed by atoms with van der Waals surface area (Å²) in [5, 5.41) is 25.9. The molecule has 6 aromatic heterocycles. The van der Waals surface area contributed by atoms with Gasteiger partial charge in [-0.2, -0.15) is 10.5 Å². The molecular formula is C60H58BClF4N10O8. The molecule has 2 amide bonds. The first-order valence-corrected chi connectivity index (χ1v) is 27.1. The lowest BCUT2D eigenvalue weighted by molar-refractivity contribution is 0.00578. The van der Waals surface area contributed by atoms with E-state index >= 15 is 4.39 Å². The number of benzene rings is 2. The second-order valence-corrected chi connectivity index (χ2v) is 21.9. The van der Waals surface area contributed by atoms with Gasteiger partial charge in [0.15, 0.2) is 34.3 Å². The molecule has 0 aliphatic carbocycles. The summed E-state index contributed by atoms with van der Waals surface area (Å²) in [7, 11) is 5.61. The number of nitriles is 2. The van der Waals surface area contributed by atoms with E-state index < -0.39 is 41.6 Å². The van der Waals surface area contributed by atoms with Gasteiger partial charge in [-0.25, -0.2) is 27.5 Å². The Labute approximate surface area is 486 Å². The van der Waals surface area contributed by atoms with Gasteiger partial charge in [-0.05, 0) is 113 Å². The molecule has 18 nitrogen and oxygen atoms in total. The fourth-order valence-corrected chi connectivity index (χ4v) is 9.55. The number of amides is 2. The Kier molecular flexibility index (Phi) is 18.0. The van der Waals surface area contributed by atoms with Crippen LogP contribution >= 0.6 is 11.6 Å². The molecule has 2 aromatic carbocycles. The zero-order chi connectivity index (χ0) is 60.2. The number of aromatic nitrogens is 4. The van der Waals surface area contributed by atoms with Gasteiger partial charge in [0, 0.05) is 109 Å². The Morgan fingerprint density at radius 1 is 0.619 bits per heavy atom. The molecule has 8 aromatic rings. The van der Waals surface area contributed by atoms with Crippen molar-refractivity contribution in [2.75, 3.05) is 65.3 Å². The number of carbonyl (C=O) groups is 2. The van der Waals surface area contributed by atoms with E-state index in [0.29, 0.717) is 70.2 Å². The number of halogens is 5. The van der Waals surface area contributed by atoms with Gasteiger partial charge >= 0.3 is 7.12 Å². The van der Waals surface area contributed by atoms with Crippen LogP contribution in [0.15, 0.2) is 94.3 Å². The van der Waals surface area contributed by atoms with Gasteiger partial charge in [-0.15, -0.1) is 0 Å². The van der Waals surface area contributed by atoms with Crippen molar-refractivity contribution in [2.24, 2.45) is 0 Å². The van der Waals surface area contributed by atoms with Crippen LogP contribution < -0.4 is 16.1 Å². The number of nitrogens with zero attached hydrogens (tertiary/aromatic N) is 8. The summed E-state index contributed by atoms with van der Waals surface area (Å²) in [6.45, 7) is 10.2. The van der Waals surface area contributed by atoms with E-state index in [9.17, 15) is 33.3 Å². The van der Waals surface area contributed by atoms with Crippen LogP contribution in [-0.2, 0) is 18.8 Å². The largest absolute Gasteiger partial charge is 0.494 e. The predicted molar refractivity (Wildman–Crippen MR) is 307 cm³/mol. The highest BCUT2D eigenvalue weighted by molar-refractivity contribution is 6.62. The van der Waals surface area contributed by atoms with Gasteiger partial charge in [0.1, 0.15) is 46.2 Å². The van der Waals surface area contributed by atoms with Gasteiger partial charge < -0.3 is 48.1 Å². The molecule has 11 rings (SSSR count). The van der Waals surface area contributed by atoms with E-state index in [1.165, 1.54) is 52.8 Å². The number of nitrogens with one attached hydrogen (secondary N) is 2. The number of fused-ring (bicyclic) bond motifs is 2. The molecule has 0 spiro atoms. The number of pyridine rings is 4. The van der Waals surface area contributed by atoms with Crippen molar-refractivity contribution in [3.63, 3.8) is 0 Å². The van der Waals surface area contributed by atoms with Crippen LogP contribution in [0.1, 0.15) is 85.2 Å². The first-order valence-electron chi connectivity index (χ1n) is 26.8. The lowest BCUT2D eigenvalue weighted by Crippen LogP contribution is -2.41. The molecule has 2 N–H and O–H groups in total. The topological polar surface area (TPSA) is 227 Å². The van der Waals surface area contributed by atoms with Crippen LogP contribution in [0, 0.1) is 45.9 Å². The number of carbonyl (C=O) groups excluding carboxylic acids is 2. The third-order valence-corrected chi connectivity index (χ3v) is 14.9. The van der Waals surface area contributed by atoms with E-state index in [1.807, 2.05) is 27.7 Å². The van der Waals surface area contributed by atoms with E-state index in [-0.39, 0.29) is 80.4 Å². The molecule has 24 heteroatoms. The molecule has 3 saturated heterocycles. The first kappa shape index (κ1) is 60.2. The van der Waals surface area contributed by atoms with Crippen LogP contribution in [-0.4, -0.2) is 127 Å². The summed E-state index contributed by atoms with van der Waals surface area (Å²) in [4.78, 5) is 43.1. The molecule has 0 radical (unpaired) electrons. The van der Waals surface area contributed by atoms with Gasteiger partial charge in [0.2, 0.25) is 0 Å². The second kappa shape index (κ2) is 25.2. The molecule has 3 fully saturated rings. The minimum Gasteiger partial charge on any atom is -0.452 e. The fourth-order valence-electron chi connectivity index (χ4n) is 9.36.